The van der Waals surface area contributed by atoms with Crippen LogP contribution < -0.4 is 4.74 Å². The molecule has 0 aliphatic rings. The number of carbonyl (C=O) groups is 1. The summed E-state index contributed by atoms with van der Waals surface area (Å²) in [4.78, 5) is 14.1. The van der Waals surface area contributed by atoms with Crippen molar-refractivity contribution in [1.29, 1.82) is 0 Å². The van der Waals surface area contributed by atoms with Gasteiger partial charge in [0.15, 0.2) is 0 Å². The average Bonchev–Trinajstić information content (AvgIpc) is 2.74. The zero-order valence-electron chi connectivity index (χ0n) is 11.8. The molecule has 18 heavy (non-hydrogen) atoms. The van der Waals surface area contributed by atoms with Gasteiger partial charge in [-0.05, 0) is 17.0 Å². The molecule has 1 rings (SSSR count). The van der Waals surface area contributed by atoms with Gasteiger partial charge in [0.05, 0.1) is 13.2 Å². The lowest BCUT2D eigenvalue weighted by molar-refractivity contribution is 0.0673. The molecule has 0 saturated carbocycles. The lowest BCUT2D eigenvalue weighted by Crippen LogP contribution is -2.36. The molecule has 0 radical (unpaired) electrons. The van der Waals surface area contributed by atoms with E-state index in [2.05, 4.69) is 32.9 Å². The largest absolute Gasteiger partial charge is 0.479 e. The van der Waals surface area contributed by atoms with Crippen LogP contribution in [0, 0.1) is 11.8 Å². The second-order valence-corrected chi connectivity index (χ2v) is 5.23. The summed E-state index contributed by atoms with van der Waals surface area (Å²) in [7, 11) is 1.49. The van der Waals surface area contributed by atoms with E-state index in [0.29, 0.717) is 30.8 Å². The summed E-state index contributed by atoms with van der Waals surface area (Å²) < 4.78 is 9.91. The molecule has 1 heterocycles. The van der Waals surface area contributed by atoms with E-state index in [9.17, 15) is 4.79 Å². The molecule has 1 aromatic rings. The van der Waals surface area contributed by atoms with Crippen molar-refractivity contribution in [1.82, 2.24) is 10.1 Å². The van der Waals surface area contributed by atoms with Crippen LogP contribution in [0.4, 0.5) is 0 Å². The molecular formula is C13H22N2O3. The van der Waals surface area contributed by atoms with Crippen molar-refractivity contribution < 1.29 is 14.1 Å². The molecule has 0 aliphatic heterocycles. The lowest BCUT2D eigenvalue weighted by atomic mass is 10.1. The van der Waals surface area contributed by atoms with E-state index >= 15 is 0 Å². The first-order valence-electron chi connectivity index (χ1n) is 6.24. The molecule has 0 aromatic carbocycles. The average molecular weight is 254 g/mol. The Morgan fingerprint density at radius 1 is 1.33 bits per heavy atom. The second kappa shape index (κ2) is 6.42. The van der Waals surface area contributed by atoms with Gasteiger partial charge in [-0.15, -0.1) is 0 Å². The Morgan fingerprint density at radius 2 is 1.89 bits per heavy atom. The van der Waals surface area contributed by atoms with Crippen LogP contribution in [0.3, 0.4) is 0 Å². The first kappa shape index (κ1) is 14.5. The summed E-state index contributed by atoms with van der Waals surface area (Å²) in [6.07, 6.45) is 0. The van der Waals surface area contributed by atoms with Crippen LogP contribution in [0.1, 0.15) is 38.2 Å². The maximum absolute atomic E-state index is 12.3. The summed E-state index contributed by atoms with van der Waals surface area (Å²) in [5.41, 5.74) is 0. The minimum Gasteiger partial charge on any atom is -0.479 e. The van der Waals surface area contributed by atoms with Gasteiger partial charge in [0.1, 0.15) is 0 Å². The Morgan fingerprint density at radius 3 is 2.28 bits per heavy atom. The standard InChI is InChI=1S/C13H22N2O3/c1-9(2)7-15(8-10(3)4)13(16)11-6-12(17-5)14-18-11/h6,9-10H,7-8H2,1-5H3. The Bertz CT molecular complexity index is 375. The van der Waals surface area contributed by atoms with Crippen LogP contribution in [-0.4, -0.2) is 36.2 Å². The molecule has 102 valence electrons. The van der Waals surface area contributed by atoms with E-state index < -0.39 is 0 Å². The predicted octanol–water partition coefficient (Wildman–Crippen LogP) is 2.44. The second-order valence-electron chi connectivity index (χ2n) is 5.23. The molecule has 0 spiro atoms. The number of hydrogen-bond donors (Lipinski definition) is 0. The van der Waals surface area contributed by atoms with Gasteiger partial charge < -0.3 is 14.2 Å². The van der Waals surface area contributed by atoms with Gasteiger partial charge in [0.25, 0.3) is 11.8 Å². The molecule has 0 N–H and O–H groups in total. The van der Waals surface area contributed by atoms with E-state index in [1.807, 2.05) is 0 Å². The topological polar surface area (TPSA) is 55.6 Å². The fraction of sp³-hybridized carbons (Fsp3) is 0.692. The van der Waals surface area contributed by atoms with Crippen molar-refractivity contribution >= 4 is 5.91 Å². The van der Waals surface area contributed by atoms with E-state index in [-0.39, 0.29) is 11.7 Å². The zero-order chi connectivity index (χ0) is 13.7. The molecule has 0 saturated heterocycles. The van der Waals surface area contributed by atoms with Gasteiger partial charge in [-0.3, -0.25) is 4.79 Å². The third-order valence-corrected chi connectivity index (χ3v) is 2.37. The van der Waals surface area contributed by atoms with Crippen molar-refractivity contribution in [3.05, 3.63) is 11.8 Å². The molecule has 0 unspecified atom stereocenters. The van der Waals surface area contributed by atoms with Crippen molar-refractivity contribution in [2.75, 3.05) is 20.2 Å². The van der Waals surface area contributed by atoms with Crippen LogP contribution in [0.2, 0.25) is 0 Å². The lowest BCUT2D eigenvalue weighted by Gasteiger charge is -2.25. The Kier molecular flexibility index (Phi) is 5.19. The van der Waals surface area contributed by atoms with Crippen molar-refractivity contribution in [3.63, 3.8) is 0 Å². The molecule has 5 nitrogen and oxygen atoms in total. The number of aromatic nitrogens is 1. The van der Waals surface area contributed by atoms with Crippen LogP contribution in [-0.2, 0) is 0 Å². The molecular weight excluding hydrogens is 232 g/mol. The Labute approximate surface area is 108 Å². The highest BCUT2D eigenvalue weighted by atomic mass is 16.5. The minimum atomic E-state index is -0.131. The highest BCUT2D eigenvalue weighted by Gasteiger charge is 2.22. The van der Waals surface area contributed by atoms with Crippen LogP contribution >= 0.6 is 0 Å². The highest BCUT2D eigenvalue weighted by molar-refractivity contribution is 5.91. The summed E-state index contributed by atoms with van der Waals surface area (Å²) in [6, 6.07) is 1.52. The third-order valence-electron chi connectivity index (χ3n) is 2.37. The number of methoxy groups -OCH3 is 1. The molecule has 0 aliphatic carbocycles. The number of nitrogens with zero attached hydrogens (tertiary/aromatic N) is 2. The molecule has 1 amide bonds. The van der Waals surface area contributed by atoms with Gasteiger partial charge in [-0.25, -0.2) is 0 Å². The SMILES string of the molecule is COc1cc(C(=O)N(CC(C)C)CC(C)C)on1. The number of rotatable bonds is 6. The fourth-order valence-corrected chi connectivity index (χ4v) is 1.73. The summed E-state index contributed by atoms with van der Waals surface area (Å²) in [6.45, 7) is 9.76. The van der Waals surface area contributed by atoms with E-state index in [0.717, 1.165) is 0 Å². The number of amides is 1. The van der Waals surface area contributed by atoms with Gasteiger partial charge in [-0.2, -0.15) is 0 Å². The highest BCUT2D eigenvalue weighted by Crippen LogP contribution is 2.15. The van der Waals surface area contributed by atoms with Crippen LogP contribution in [0.25, 0.3) is 0 Å². The predicted molar refractivity (Wildman–Crippen MR) is 68.6 cm³/mol. The van der Waals surface area contributed by atoms with Gasteiger partial charge in [-0.1, -0.05) is 27.7 Å². The summed E-state index contributed by atoms with van der Waals surface area (Å²) in [5.74, 6) is 1.25. The molecule has 0 atom stereocenters. The summed E-state index contributed by atoms with van der Waals surface area (Å²) in [5, 5.41) is 3.65. The quantitative estimate of drug-likeness (QED) is 0.782. The maximum atomic E-state index is 12.3. The first-order valence-corrected chi connectivity index (χ1v) is 6.24. The molecule has 0 fully saturated rings. The first-order chi connectivity index (χ1) is 8.43. The smallest absolute Gasteiger partial charge is 0.292 e. The zero-order valence-corrected chi connectivity index (χ0v) is 11.8. The molecule has 0 bridgehead atoms. The van der Waals surface area contributed by atoms with Crippen molar-refractivity contribution in [2.45, 2.75) is 27.7 Å². The third kappa shape index (κ3) is 4.05. The number of hydrogen-bond acceptors (Lipinski definition) is 4. The van der Waals surface area contributed by atoms with Gasteiger partial charge in [0.2, 0.25) is 5.76 Å². The molecule has 5 heteroatoms. The molecule has 1 aromatic heterocycles. The van der Waals surface area contributed by atoms with Gasteiger partial charge in [0, 0.05) is 13.1 Å². The minimum absolute atomic E-state index is 0.131. The maximum Gasteiger partial charge on any atom is 0.292 e. The van der Waals surface area contributed by atoms with Crippen LogP contribution in [0.15, 0.2) is 10.6 Å². The van der Waals surface area contributed by atoms with E-state index in [4.69, 9.17) is 9.26 Å². The van der Waals surface area contributed by atoms with E-state index in [1.54, 1.807) is 4.90 Å². The monoisotopic (exact) mass is 254 g/mol. The Hall–Kier alpha value is -1.52. The number of carbonyl (C=O) groups excluding carboxylic acids is 1. The number of ether oxygens (including phenoxy) is 1. The van der Waals surface area contributed by atoms with Gasteiger partial charge >= 0.3 is 0 Å². The summed E-state index contributed by atoms with van der Waals surface area (Å²) >= 11 is 0. The normalized spacial score (nSPS) is 11.1. The van der Waals surface area contributed by atoms with E-state index in [1.165, 1.54) is 13.2 Å². The fourth-order valence-electron chi connectivity index (χ4n) is 1.73. The van der Waals surface area contributed by atoms with Crippen LogP contribution in [0.5, 0.6) is 5.88 Å². The van der Waals surface area contributed by atoms with Crippen molar-refractivity contribution in [3.8, 4) is 5.88 Å². The Balaban J connectivity index is 2.80. The van der Waals surface area contributed by atoms with Crippen molar-refractivity contribution in [2.24, 2.45) is 11.8 Å².